The topological polar surface area (TPSA) is 78.7 Å². The molecule has 6 nitrogen and oxygen atoms in total. The number of benzene rings is 1. The van der Waals surface area contributed by atoms with Gasteiger partial charge in [-0.25, -0.2) is 0 Å². The van der Waals surface area contributed by atoms with Gasteiger partial charge in [-0.1, -0.05) is 0 Å². The Bertz CT molecular complexity index is 687. The fraction of sp³-hybridized carbons (Fsp3) is 0.529. The molecule has 11 heteroatoms. The molecule has 1 aliphatic heterocycles. The van der Waals surface area contributed by atoms with Gasteiger partial charge in [0.2, 0.25) is 11.8 Å². The third-order valence-corrected chi connectivity index (χ3v) is 4.23. The van der Waals surface area contributed by atoms with Crippen LogP contribution in [0.3, 0.4) is 0 Å². The van der Waals surface area contributed by atoms with E-state index in [0.29, 0.717) is 13.1 Å². The zero-order valence-corrected chi connectivity index (χ0v) is 17.2. The van der Waals surface area contributed by atoms with Gasteiger partial charge in [-0.15, -0.1) is 24.8 Å². The minimum Gasteiger partial charge on any atom is -0.341 e. The summed E-state index contributed by atoms with van der Waals surface area (Å²) in [5, 5.41) is 2.49. The monoisotopic (exact) mass is 444 g/mol. The number of hydrogen-bond acceptors (Lipinski definition) is 4. The molecule has 1 saturated heterocycles. The summed E-state index contributed by atoms with van der Waals surface area (Å²) in [5.41, 5.74) is 4.87. The van der Waals surface area contributed by atoms with Crippen molar-refractivity contribution in [1.29, 1.82) is 0 Å². The second kappa shape index (κ2) is 10.8. The fourth-order valence-electron chi connectivity index (χ4n) is 2.77. The first-order chi connectivity index (χ1) is 12.1. The summed E-state index contributed by atoms with van der Waals surface area (Å²) in [5.74, 6) is -1.17. The van der Waals surface area contributed by atoms with Gasteiger partial charge in [-0.05, 0) is 37.9 Å². The van der Waals surface area contributed by atoms with Crippen molar-refractivity contribution in [3.8, 4) is 0 Å². The number of amides is 2. The number of anilines is 1. The first kappa shape index (κ1) is 26.4. The number of carbonyl (C=O) groups is 2. The summed E-state index contributed by atoms with van der Waals surface area (Å²) < 4.78 is 38.9. The SMILES string of the molecule is CN(C)CCN1CC(C(=O)Nc2cc(CN)cc(C(F)(F)F)c2)CC1=O.Cl.Cl. The molecule has 2 rings (SSSR count). The van der Waals surface area contributed by atoms with Crippen LogP contribution in [0.25, 0.3) is 0 Å². The normalized spacial score (nSPS) is 16.6. The van der Waals surface area contributed by atoms with Crippen molar-refractivity contribution in [2.24, 2.45) is 11.7 Å². The zero-order valence-electron chi connectivity index (χ0n) is 15.6. The first-order valence-electron chi connectivity index (χ1n) is 8.24. The summed E-state index contributed by atoms with van der Waals surface area (Å²) in [4.78, 5) is 27.9. The van der Waals surface area contributed by atoms with E-state index in [2.05, 4.69) is 5.32 Å². The third-order valence-electron chi connectivity index (χ3n) is 4.23. The molecular formula is C17H25Cl2F3N4O2. The highest BCUT2D eigenvalue weighted by Crippen LogP contribution is 2.32. The summed E-state index contributed by atoms with van der Waals surface area (Å²) in [6, 6.07) is 3.24. The Hall–Kier alpha value is -1.55. The number of nitrogens with one attached hydrogen (secondary N) is 1. The van der Waals surface area contributed by atoms with Gasteiger partial charge in [-0.3, -0.25) is 9.59 Å². The molecule has 0 aromatic heterocycles. The molecule has 1 aromatic rings. The van der Waals surface area contributed by atoms with E-state index in [-0.39, 0.29) is 61.5 Å². The predicted molar refractivity (Wildman–Crippen MR) is 106 cm³/mol. The van der Waals surface area contributed by atoms with Gasteiger partial charge in [0, 0.05) is 38.3 Å². The van der Waals surface area contributed by atoms with Crippen LogP contribution in [0.5, 0.6) is 0 Å². The van der Waals surface area contributed by atoms with Gasteiger partial charge in [0.15, 0.2) is 0 Å². The lowest BCUT2D eigenvalue weighted by molar-refractivity contribution is -0.137. The van der Waals surface area contributed by atoms with Gasteiger partial charge in [0.1, 0.15) is 0 Å². The van der Waals surface area contributed by atoms with Crippen molar-refractivity contribution in [3.63, 3.8) is 0 Å². The van der Waals surface area contributed by atoms with Crippen LogP contribution < -0.4 is 11.1 Å². The average molecular weight is 445 g/mol. The number of nitrogens with two attached hydrogens (primary N) is 1. The summed E-state index contributed by atoms with van der Waals surface area (Å²) in [6.07, 6.45) is -4.47. The van der Waals surface area contributed by atoms with Gasteiger partial charge >= 0.3 is 6.18 Å². The number of rotatable bonds is 6. The number of carbonyl (C=O) groups excluding carboxylic acids is 2. The molecule has 1 aliphatic rings. The van der Waals surface area contributed by atoms with Crippen molar-refractivity contribution in [3.05, 3.63) is 29.3 Å². The van der Waals surface area contributed by atoms with E-state index in [1.54, 1.807) is 4.90 Å². The molecular weight excluding hydrogens is 420 g/mol. The minimum absolute atomic E-state index is 0. The van der Waals surface area contributed by atoms with Crippen LogP contribution in [0.1, 0.15) is 17.5 Å². The number of likely N-dealkylation sites (tertiary alicyclic amines) is 1. The van der Waals surface area contributed by atoms with Crippen LogP contribution in [0.2, 0.25) is 0 Å². The highest BCUT2D eigenvalue weighted by atomic mass is 35.5. The zero-order chi connectivity index (χ0) is 19.5. The maximum absolute atomic E-state index is 13.0. The molecule has 1 unspecified atom stereocenters. The number of likely N-dealkylation sites (N-methyl/N-ethyl adjacent to an activating group) is 1. The van der Waals surface area contributed by atoms with E-state index in [9.17, 15) is 22.8 Å². The van der Waals surface area contributed by atoms with Crippen molar-refractivity contribution in [2.45, 2.75) is 19.1 Å². The van der Waals surface area contributed by atoms with E-state index in [0.717, 1.165) is 12.1 Å². The fourth-order valence-corrected chi connectivity index (χ4v) is 2.77. The Morgan fingerprint density at radius 3 is 2.46 bits per heavy atom. The van der Waals surface area contributed by atoms with E-state index in [1.165, 1.54) is 6.07 Å². The van der Waals surface area contributed by atoms with Crippen molar-refractivity contribution >= 4 is 42.3 Å². The highest BCUT2D eigenvalue weighted by Gasteiger charge is 2.35. The molecule has 28 heavy (non-hydrogen) atoms. The van der Waals surface area contributed by atoms with Crippen LogP contribution in [-0.4, -0.2) is 55.3 Å². The smallest absolute Gasteiger partial charge is 0.341 e. The van der Waals surface area contributed by atoms with E-state index in [4.69, 9.17) is 5.73 Å². The van der Waals surface area contributed by atoms with Crippen LogP contribution in [0.15, 0.2) is 18.2 Å². The summed E-state index contributed by atoms with van der Waals surface area (Å²) >= 11 is 0. The Morgan fingerprint density at radius 1 is 1.29 bits per heavy atom. The van der Waals surface area contributed by atoms with Crippen LogP contribution in [-0.2, 0) is 22.3 Å². The standard InChI is InChI=1S/C17H23F3N4O2.2ClH/c1-23(2)3-4-24-10-12(7-15(24)25)16(26)22-14-6-11(9-21)5-13(8-14)17(18,19)20;;/h5-6,8,12H,3-4,7,9-10,21H2,1-2H3,(H,22,26);2*1H. The molecule has 0 bridgehead atoms. The molecule has 1 aromatic carbocycles. The van der Waals surface area contributed by atoms with Crippen LogP contribution >= 0.6 is 24.8 Å². The molecule has 0 saturated carbocycles. The molecule has 1 atom stereocenters. The predicted octanol–water partition coefficient (Wildman–Crippen LogP) is 2.36. The third kappa shape index (κ3) is 7.12. The Labute approximate surface area is 174 Å². The molecule has 2 amide bonds. The Morgan fingerprint density at radius 2 is 1.93 bits per heavy atom. The second-order valence-corrected chi connectivity index (χ2v) is 6.65. The van der Waals surface area contributed by atoms with E-state index >= 15 is 0 Å². The molecule has 1 heterocycles. The quantitative estimate of drug-likeness (QED) is 0.705. The maximum atomic E-state index is 13.0. The van der Waals surface area contributed by atoms with E-state index < -0.39 is 23.6 Å². The second-order valence-electron chi connectivity index (χ2n) is 6.65. The molecule has 0 spiro atoms. The largest absolute Gasteiger partial charge is 0.416 e. The van der Waals surface area contributed by atoms with Gasteiger partial charge in [0.25, 0.3) is 0 Å². The Balaban J connectivity index is 0.00000364. The Kier molecular flexibility index (Phi) is 10.2. The molecule has 0 radical (unpaired) electrons. The van der Waals surface area contributed by atoms with Gasteiger partial charge in [-0.2, -0.15) is 13.2 Å². The minimum atomic E-state index is -4.53. The van der Waals surface area contributed by atoms with Gasteiger partial charge in [0.05, 0.1) is 11.5 Å². The van der Waals surface area contributed by atoms with Gasteiger partial charge < -0.3 is 20.9 Å². The van der Waals surface area contributed by atoms with Crippen LogP contribution in [0.4, 0.5) is 18.9 Å². The van der Waals surface area contributed by atoms with Crippen molar-refractivity contribution in [1.82, 2.24) is 9.80 Å². The molecule has 160 valence electrons. The first-order valence-corrected chi connectivity index (χ1v) is 8.24. The van der Waals surface area contributed by atoms with Crippen molar-refractivity contribution < 1.29 is 22.8 Å². The number of hydrogen-bond donors (Lipinski definition) is 2. The lowest BCUT2D eigenvalue weighted by Crippen LogP contribution is -2.34. The molecule has 0 aliphatic carbocycles. The van der Waals surface area contributed by atoms with Crippen molar-refractivity contribution in [2.75, 3.05) is 39.0 Å². The van der Waals surface area contributed by atoms with Crippen LogP contribution in [0, 0.1) is 5.92 Å². The lowest BCUT2D eigenvalue weighted by atomic mass is 10.1. The number of alkyl halides is 3. The average Bonchev–Trinajstić information content (AvgIpc) is 2.92. The van der Waals surface area contributed by atoms with E-state index in [1.807, 2.05) is 19.0 Å². The maximum Gasteiger partial charge on any atom is 0.416 e. The molecule has 3 N–H and O–H groups in total. The number of halogens is 5. The summed E-state index contributed by atoms with van der Waals surface area (Å²) in [7, 11) is 3.76. The molecule has 1 fully saturated rings. The number of nitrogens with zero attached hydrogens (tertiary/aromatic N) is 2. The summed E-state index contributed by atoms with van der Waals surface area (Å²) in [6.45, 7) is 1.37. The lowest BCUT2D eigenvalue weighted by Gasteiger charge is -2.19. The highest BCUT2D eigenvalue weighted by molar-refractivity contribution is 5.97.